The van der Waals surface area contributed by atoms with E-state index in [1.807, 2.05) is 24.3 Å². The summed E-state index contributed by atoms with van der Waals surface area (Å²) in [5.41, 5.74) is 6.90. The van der Waals surface area contributed by atoms with Gasteiger partial charge in [0.15, 0.2) is 0 Å². The first-order valence-corrected chi connectivity index (χ1v) is 6.68. The minimum Gasteiger partial charge on any atom is -0.384 e. The Kier molecular flexibility index (Phi) is 3.03. The number of carbonyl (C=O) groups is 1. The van der Waals surface area contributed by atoms with E-state index >= 15 is 0 Å². The normalized spacial score (nSPS) is 10.7. The number of pyridine rings is 1. The number of rotatable bonds is 2. The Morgan fingerprint density at radius 3 is 2.85 bits per heavy atom. The van der Waals surface area contributed by atoms with Gasteiger partial charge in [0, 0.05) is 16.9 Å². The summed E-state index contributed by atoms with van der Waals surface area (Å²) in [5.74, 6) is 0.665. The predicted molar refractivity (Wildman–Crippen MR) is 78.8 cm³/mol. The van der Waals surface area contributed by atoms with Gasteiger partial charge in [0.1, 0.15) is 11.6 Å². The van der Waals surface area contributed by atoms with Gasteiger partial charge in [0.25, 0.3) is 5.91 Å². The fourth-order valence-electron chi connectivity index (χ4n) is 1.90. The van der Waals surface area contributed by atoms with Gasteiger partial charge < -0.3 is 5.73 Å². The lowest BCUT2D eigenvalue weighted by Crippen LogP contribution is -2.13. The van der Waals surface area contributed by atoms with Crippen molar-refractivity contribution in [2.45, 2.75) is 6.92 Å². The number of aromatic nitrogens is 3. The molecule has 0 spiro atoms. The number of amides is 1. The molecule has 0 aliphatic rings. The van der Waals surface area contributed by atoms with E-state index in [2.05, 4.69) is 19.7 Å². The molecule has 6 nitrogen and oxygen atoms in total. The lowest BCUT2D eigenvalue weighted by atomic mass is 10.1. The maximum atomic E-state index is 12.3. The lowest BCUT2D eigenvalue weighted by molar-refractivity contribution is 0.102. The standard InChI is InChI=1S/C13H11N5OS/c1-7-15-13(20-18-7)17-12(19)9-6-11(14)16-10-5-3-2-4-8(9)10/h2-6H,1H3,(H2,14,16)(H,15,17,18,19). The number of carbonyl (C=O) groups excluding carboxylic acids is 1. The fraction of sp³-hybridized carbons (Fsp3) is 0.0769. The van der Waals surface area contributed by atoms with E-state index < -0.39 is 0 Å². The number of para-hydroxylation sites is 1. The molecule has 0 unspecified atom stereocenters. The molecule has 0 aliphatic heterocycles. The SMILES string of the molecule is Cc1nsc(NC(=O)c2cc(N)nc3ccccc23)n1. The van der Waals surface area contributed by atoms with Crippen LogP contribution < -0.4 is 11.1 Å². The van der Waals surface area contributed by atoms with Crippen LogP contribution in [0.5, 0.6) is 0 Å². The fourth-order valence-corrected chi connectivity index (χ4v) is 2.47. The molecule has 0 radical (unpaired) electrons. The minimum absolute atomic E-state index is 0.272. The third-order valence-electron chi connectivity index (χ3n) is 2.73. The third-order valence-corrected chi connectivity index (χ3v) is 3.45. The summed E-state index contributed by atoms with van der Waals surface area (Å²) >= 11 is 1.14. The van der Waals surface area contributed by atoms with Gasteiger partial charge in [-0.1, -0.05) is 18.2 Å². The molecule has 2 aromatic heterocycles. The summed E-state index contributed by atoms with van der Waals surface area (Å²) in [4.78, 5) is 20.6. The molecule has 20 heavy (non-hydrogen) atoms. The molecule has 7 heteroatoms. The Hall–Kier alpha value is -2.54. The van der Waals surface area contributed by atoms with Crippen LogP contribution in [-0.4, -0.2) is 20.2 Å². The van der Waals surface area contributed by atoms with Gasteiger partial charge in [-0.25, -0.2) is 9.97 Å². The molecule has 100 valence electrons. The van der Waals surface area contributed by atoms with E-state index in [0.29, 0.717) is 27.9 Å². The summed E-state index contributed by atoms with van der Waals surface area (Å²) in [6.07, 6.45) is 0. The van der Waals surface area contributed by atoms with Crippen molar-refractivity contribution in [2.75, 3.05) is 11.1 Å². The minimum atomic E-state index is -0.272. The molecule has 1 amide bonds. The lowest BCUT2D eigenvalue weighted by Gasteiger charge is -2.06. The smallest absolute Gasteiger partial charge is 0.258 e. The van der Waals surface area contributed by atoms with Gasteiger partial charge in [-0.05, 0) is 19.1 Å². The first kappa shape index (κ1) is 12.5. The van der Waals surface area contributed by atoms with Crippen LogP contribution in [0.25, 0.3) is 10.9 Å². The second-order valence-corrected chi connectivity index (χ2v) is 4.96. The molecule has 0 atom stereocenters. The average Bonchev–Trinajstić information content (AvgIpc) is 2.83. The maximum Gasteiger partial charge on any atom is 0.258 e. The van der Waals surface area contributed by atoms with E-state index in [1.165, 1.54) is 0 Å². The van der Waals surface area contributed by atoms with Crippen LogP contribution in [0.1, 0.15) is 16.2 Å². The van der Waals surface area contributed by atoms with Gasteiger partial charge in [-0.2, -0.15) is 4.37 Å². The van der Waals surface area contributed by atoms with Crippen LogP contribution in [-0.2, 0) is 0 Å². The van der Waals surface area contributed by atoms with Crippen molar-refractivity contribution >= 4 is 39.3 Å². The molecule has 0 bridgehead atoms. The van der Waals surface area contributed by atoms with Crippen LogP contribution in [0.3, 0.4) is 0 Å². The van der Waals surface area contributed by atoms with Gasteiger partial charge in [0.05, 0.1) is 11.1 Å². The average molecular weight is 285 g/mol. The van der Waals surface area contributed by atoms with Gasteiger partial charge >= 0.3 is 0 Å². The Morgan fingerprint density at radius 1 is 1.30 bits per heavy atom. The van der Waals surface area contributed by atoms with E-state index in [4.69, 9.17) is 5.73 Å². The van der Waals surface area contributed by atoms with E-state index in [0.717, 1.165) is 16.9 Å². The maximum absolute atomic E-state index is 12.3. The van der Waals surface area contributed by atoms with Crippen LogP contribution in [0.4, 0.5) is 10.9 Å². The van der Waals surface area contributed by atoms with Crippen molar-refractivity contribution in [3.63, 3.8) is 0 Å². The van der Waals surface area contributed by atoms with Crippen LogP contribution in [0.2, 0.25) is 0 Å². The van der Waals surface area contributed by atoms with E-state index in [1.54, 1.807) is 13.0 Å². The Balaban J connectivity index is 2.02. The Morgan fingerprint density at radius 2 is 2.10 bits per heavy atom. The highest BCUT2D eigenvalue weighted by molar-refractivity contribution is 7.09. The van der Waals surface area contributed by atoms with E-state index in [-0.39, 0.29) is 5.91 Å². The number of nitrogens with one attached hydrogen (secondary N) is 1. The number of nitrogen functional groups attached to an aromatic ring is 1. The highest BCUT2D eigenvalue weighted by Gasteiger charge is 2.13. The molecular formula is C13H11N5OS. The van der Waals surface area contributed by atoms with Gasteiger partial charge in [0.2, 0.25) is 5.13 Å². The highest BCUT2D eigenvalue weighted by Crippen LogP contribution is 2.21. The van der Waals surface area contributed by atoms with Crippen molar-refractivity contribution in [3.05, 3.63) is 41.7 Å². The van der Waals surface area contributed by atoms with Crippen LogP contribution >= 0.6 is 11.5 Å². The van der Waals surface area contributed by atoms with Crippen molar-refractivity contribution in [3.8, 4) is 0 Å². The first-order valence-electron chi connectivity index (χ1n) is 5.90. The zero-order valence-electron chi connectivity index (χ0n) is 10.6. The number of hydrogen-bond donors (Lipinski definition) is 2. The second-order valence-electron chi connectivity index (χ2n) is 4.21. The van der Waals surface area contributed by atoms with Gasteiger partial charge in [-0.3, -0.25) is 10.1 Å². The summed E-state index contributed by atoms with van der Waals surface area (Å²) in [6, 6.07) is 8.92. The van der Waals surface area contributed by atoms with Crippen molar-refractivity contribution in [1.29, 1.82) is 0 Å². The Bertz CT molecular complexity index is 798. The quantitative estimate of drug-likeness (QED) is 0.753. The molecule has 0 saturated heterocycles. The van der Waals surface area contributed by atoms with Crippen LogP contribution in [0, 0.1) is 6.92 Å². The highest BCUT2D eigenvalue weighted by atomic mass is 32.1. The monoisotopic (exact) mass is 285 g/mol. The van der Waals surface area contributed by atoms with Crippen molar-refractivity contribution in [1.82, 2.24) is 14.3 Å². The molecule has 3 N–H and O–H groups in total. The number of anilines is 2. The summed E-state index contributed by atoms with van der Waals surface area (Å²) in [5, 5.41) is 3.94. The molecule has 1 aromatic carbocycles. The summed E-state index contributed by atoms with van der Waals surface area (Å²) in [6.45, 7) is 1.77. The number of nitrogens with zero attached hydrogens (tertiary/aromatic N) is 3. The zero-order chi connectivity index (χ0) is 14.1. The molecule has 0 fully saturated rings. The number of nitrogens with two attached hydrogens (primary N) is 1. The number of hydrogen-bond acceptors (Lipinski definition) is 6. The summed E-state index contributed by atoms with van der Waals surface area (Å²) < 4.78 is 4.02. The molecule has 2 heterocycles. The molecular weight excluding hydrogens is 274 g/mol. The third kappa shape index (κ3) is 2.30. The molecule has 3 aromatic rings. The second kappa shape index (κ2) is 4.86. The first-order chi connectivity index (χ1) is 9.63. The van der Waals surface area contributed by atoms with Gasteiger partial charge in [-0.15, -0.1) is 0 Å². The number of fused-ring (bicyclic) bond motifs is 1. The molecule has 0 saturated carbocycles. The van der Waals surface area contributed by atoms with Crippen molar-refractivity contribution in [2.24, 2.45) is 0 Å². The Labute approximate surface area is 118 Å². The number of benzene rings is 1. The van der Waals surface area contributed by atoms with E-state index in [9.17, 15) is 4.79 Å². The zero-order valence-corrected chi connectivity index (χ0v) is 11.4. The largest absolute Gasteiger partial charge is 0.384 e. The van der Waals surface area contributed by atoms with Crippen molar-refractivity contribution < 1.29 is 4.79 Å². The molecule has 3 rings (SSSR count). The topological polar surface area (TPSA) is 93.8 Å². The van der Waals surface area contributed by atoms with Crippen LogP contribution in [0.15, 0.2) is 30.3 Å². The number of aryl methyl sites for hydroxylation is 1. The predicted octanol–water partition coefficient (Wildman–Crippen LogP) is 2.23. The molecule has 0 aliphatic carbocycles. The summed E-state index contributed by atoms with van der Waals surface area (Å²) in [7, 11) is 0.